The highest BCUT2D eigenvalue weighted by Crippen LogP contribution is 2.04. The summed E-state index contributed by atoms with van der Waals surface area (Å²) in [6.07, 6.45) is 1.82. The van der Waals surface area contributed by atoms with Crippen molar-refractivity contribution in [2.45, 2.75) is 38.8 Å². The van der Waals surface area contributed by atoms with Crippen LogP contribution in [-0.2, 0) is 4.79 Å². The Kier molecular flexibility index (Phi) is 8.29. The lowest BCUT2D eigenvalue weighted by Crippen LogP contribution is -2.52. The Balaban J connectivity index is 2.76. The van der Waals surface area contributed by atoms with E-state index in [4.69, 9.17) is 10.8 Å². The zero-order valence-corrected chi connectivity index (χ0v) is 13.9. The molecule has 0 spiro atoms. The fourth-order valence-electron chi connectivity index (χ4n) is 1.87. The fourth-order valence-corrected chi connectivity index (χ4v) is 1.87. The third kappa shape index (κ3) is 6.26. The van der Waals surface area contributed by atoms with Gasteiger partial charge < -0.3 is 16.2 Å². The van der Waals surface area contributed by atoms with Crippen LogP contribution in [0.5, 0.6) is 0 Å². The highest BCUT2D eigenvalue weighted by atomic mass is 16.3. The number of nitrogens with one attached hydrogen (secondary N) is 1. The number of carbonyl (C=O) groups is 2. The van der Waals surface area contributed by atoms with Crippen LogP contribution in [0.25, 0.3) is 0 Å². The molecule has 0 saturated heterocycles. The van der Waals surface area contributed by atoms with Crippen LogP contribution in [0.4, 0.5) is 0 Å². The number of nitrogens with two attached hydrogens (primary N) is 1. The van der Waals surface area contributed by atoms with Gasteiger partial charge in [-0.15, -0.1) is 0 Å². The second kappa shape index (κ2) is 10.2. The van der Waals surface area contributed by atoms with E-state index in [9.17, 15) is 9.59 Å². The Morgan fingerprint density at radius 1 is 1.25 bits per heavy atom. The third-order valence-corrected chi connectivity index (χ3v) is 3.19. The maximum atomic E-state index is 12.2. The Morgan fingerprint density at radius 3 is 2.46 bits per heavy atom. The summed E-state index contributed by atoms with van der Waals surface area (Å²) in [5.74, 6) is 10.4. The highest BCUT2D eigenvalue weighted by Gasteiger charge is 2.24. The normalized spacial score (nSPS) is 12.0. The predicted molar refractivity (Wildman–Crippen MR) is 93.0 cm³/mol. The maximum Gasteiger partial charge on any atom is 0.251 e. The molecule has 0 aromatic heterocycles. The van der Waals surface area contributed by atoms with Gasteiger partial charge in [-0.25, -0.2) is 0 Å². The molecule has 1 rings (SSSR count). The number of carbonyl (C=O) groups excluding carboxylic acids is 2. The molecule has 5 heteroatoms. The van der Waals surface area contributed by atoms with Gasteiger partial charge in [0.25, 0.3) is 5.91 Å². The molecule has 0 fully saturated rings. The second-order valence-electron chi connectivity index (χ2n) is 5.31. The van der Waals surface area contributed by atoms with E-state index >= 15 is 0 Å². The molecule has 24 heavy (non-hydrogen) atoms. The molecule has 1 amide bonds. The standard InChI is InChI=1S/C19H22N2O3/c1-3-4-5-6-7-8-15-9-11-16(12-10-15)19(24)21-18(14(2)20)17(23)13-22/h9-12,14,18,22H,3-4,13,20H2,1-2H3,(H,21,24)/t14-,18+/m1/s1. The summed E-state index contributed by atoms with van der Waals surface area (Å²) in [6, 6.07) is 5.12. The molecular weight excluding hydrogens is 304 g/mol. The molecule has 1 aromatic carbocycles. The summed E-state index contributed by atoms with van der Waals surface area (Å²) < 4.78 is 0. The van der Waals surface area contributed by atoms with E-state index in [0.717, 1.165) is 18.4 Å². The number of rotatable bonds is 6. The van der Waals surface area contributed by atoms with E-state index in [1.54, 1.807) is 31.2 Å². The first-order chi connectivity index (χ1) is 11.5. The average molecular weight is 326 g/mol. The van der Waals surface area contributed by atoms with E-state index in [-0.39, 0.29) is 0 Å². The lowest BCUT2D eigenvalue weighted by Gasteiger charge is -2.20. The Bertz CT molecular complexity index is 685. The van der Waals surface area contributed by atoms with Gasteiger partial charge in [0.1, 0.15) is 12.6 Å². The van der Waals surface area contributed by atoms with Crippen molar-refractivity contribution in [2.75, 3.05) is 6.61 Å². The van der Waals surface area contributed by atoms with Gasteiger partial charge in [-0.1, -0.05) is 18.8 Å². The van der Waals surface area contributed by atoms with Gasteiger partial charge in [-0.05, 0) is 49.5 Å². The van der Waals surface area contributed by atoms with Gasteiger partial charge in [-0.3, -0.25) is 9.59 Å². The van der Waals surface area contributed by atoms with Crippen LogP contribution < -0.4 is 11.1 Å². The molecule has 0 radical (unpaired) electrons. The predicted octanol–water partition coefficient (Wildman–Crippen LogP) is 0.849. The van der Waals surface area contributed by atoms with Gasteiger partial charge in [0.15, 0.2) is 5.78 Å². The van der Waals surface area contributed by atoms with Crippen LogP contribution in [-0.4, -0.2) is 35.5 Å². The molecule has 0 aliphatic carbocycles. The lowest BCUT2D eigenvalue weighted by atomic mass is 10.1. The lowest BCUT2D eigenvalue weighted by molar-refractivity contribution is -0.123. The molecule has 0 bridgehead atoms. The zero-order chi connectivity index (χ0) is 17.9. The first kappa shape index (κ1) is 19.4. The Morgan fingerprint density at radius 2 is 1.92 bits per heavy atom. The molecule has 2 atom stereocenters. The summed E-state index contributed by atoms with van der Waals surface area (Å²) in [7, 11) is 0. The molecule has 4 N–H and O–H groups in total. The van der Waals surface area contributed by atoms with Crippen molar-refractivity contribution in [3.63, 3.8) is 0 Å². The molecule has 0 saturated carbocycles. The summed E-state index contributed by atoms with van der Waals surface area (Å²) in [6.45, 7) is 2.98. The first-order valence-corrected chi connectivity index (χ1v) is 7.78. The van der Waals surface area contributed by atoms with Crippen LogP contribution in [0.2, 0.25) is 0 Å². The number of Topliss-reactive ketones (excluding diaryl/α,β-unsaturated/α-hetero) is 1. The molecule has 5 nitrogen and oxygen atoms in total. The number of hydrogen-bond acceptors (Lipinski definition) is 4. The van der Waals surface area contributed by atoms with Crippen LogP contribution in [0.1, 0.15) is 42.6 Å². The average Bonchev–Trinajstić information content (AvgIpc) is 2.58. The SMILES string of the molecule is CCCC#CC#Cc1ccc(C(=O)N[C@H](C(=O)CO)[C@@H](C)N)cc1. The minimum Gasteiger partial charge on any atom is -0.388 e. The number of amides is 1. The monoisotopic (exact) mass is 326 g/mol. The van der Waals surface area contributed by atoms with Crippen molar-refractivity contribution < 1.29 is 14.7 Å². The minimum absolute atomic E-state index is 0.383. The topological polar surface area (TPSA) is 92.4 Å². The van der Waals surface area contributed by atoms with E-state index in [1.807, 2.05) is 0 Å². The number of ketones is 1. The zero-order valence-electron chi connectivity index (χ0n) is 13.9. The number of aliphatic hydroxyl groups is 1. The minimum atomic E-state index is -0.921. The molecule has 126 valence electrons. The van der Waals surface area contributed by atoms with Crippen LogP contribution in [0, 0.1) is 23.7 Å². The van der Waals surface area contributed by atoms with Gasteiger partial charge in [0, 0.05) is 23.6 Å². The first-order valence-electron chi connectivity index (χ1n) is 7.78. The van der Waals surface area contributed by atoms with Crippen LogP contribution >= 0.6 is 0 Å². The third-order valence-electron chi connectivity index (χ3n) is 3.19. The van der Waals surface area contributed by atoms with Crippen molar-refractivity contribution in [3.8, 4) is 23.7 Å². The van der Waals surface area contributed by atoms with E-state index in [2.05, 4.69) is 35.9 Å². The van der Waals surface area contributed by atoms with E-state index < -0.39 is 30.4 Å². The van der Waals surface area contributed by atoms with Crippen molar-refractivity contribution in [1.82, 2.24) is 5.32 Å². The van der Waals surface area contributed by atoms with Gasteiger partial charge in [-0.2, -0.15) is 0 Å². The molecular formula is C19H22N2O3. The van der Waals surface area contributed by atoms with E-state index in [0.29, 0.717) is 5.56 Å². The Labute approximate surface area is 142 Å². The number of unbranched alkanes of at least 4 members (excludes halogenated alkanes) is 1. The van der Waals surface area contributed by atoms with E-state index in [1.165, 1.54) is 0 Å². The number of hydrogen-bond donors (Lipinski definition) is 3. The summed E-state index contributed by atoms with van der Waals surface area (Å²) in [5, 5.41) is 11.5. The largest absolute Gasteiger partial charge is 0.388 e. The maximum absolute atomic E-state index is 12.2. The second-order valence-corrected chi connectivity index (χ2v) is 5.31. The summed E-state index contributed by atoms with van der Waals surface area (Å²) >= 11 is 0. The van der Waals surface area contributed by atoms with Gasteiger partial charge in [0.2, 0.25) is 0 Å². The summed E-state index contributed by atoms with van der Waals surface area (Å²) in [4.78, 5) is 23.8. The molecule has 0 unspecified atom stereocenters. The van der Waals surface area contributed by atoms with Gasteiger partial charge in [0.05, 0.1) is 0 Å². The molecule has 0 aliphatic rings. The fraction of sp³-hybridized carbons (Fsp3) is 0.368. The quantitative estimate of drug-likeness (QED) is 0.676. The molecule has 0 heterocycles. The van der Waals surface area contributed by atoms with Crippen LogP contribution in [0.3, 0.4) is 0 Å². The van der Waals surface area contributed by atoms with Crippen molar-refractivity contribution in [1.29, 1.82) is 0 Å². The molecule has 1 aromatic rings. The molecule has 0 aliphatic heterocycles. The number of benzene rings is 1. The smallest absolute Gasteiger partial charge is 0.251 e. The number of aliphatic hydroxyl groups excluding tert-OH is 1. The van der Waals surface area contributed by atoms with Crippen molar-refractivity contribution in [2.24, 2.45) is 5.73 Å². The van der Waals surface area contributed by atoms with Gasteiger partial charge >= 0.3 is 0 Å². The highest BCUT2D eigenvalue weighted by molar-refractivity contribution is 5.98. The van der Waals surface area contributed by atoms with Crippen molar-refractivity contribution >= 4 is 11.7 Å². The summed E-state index contributed by atoms with van der Waals surface area (Å²) in [5.41, 5.74) is 6.80. The van der Waals surface area contributed by atoms with Crippen molar-refractivity contribution in [3.05, 3.63) is 35.4 Å². The Hall–Kier alpha value is -2.60. The van der Waals surface area contributed by atoms with Crippen LogP contribution in [0.15, 0.2) is 24.3 Å².